The lowest BCUT2D eigenvalue weighted by atomic mass is 9.97. The molecule has 238 valence electrons. The Hall–Kier alpha value is -6.84. The van der Waals surface area contributed by atoms with Crippen LogP contribution >= 0.6 is 0 Å². The summed E-state index contributed by atoms with van der Waals surface area (Å²) in [5, 5.41) is 6.91. The van der Waals surface area contributed by atoms with Gasteiger partial charge in [-0.15, -0.1) is 0 Å². The molecule has 0 saturated carbocycles. The normalized spacial score (nSPS) is 11.9. The SMILES string of the molecule is c1ccc(-c2cccc(-c3cc(-n4c5ccccc5c5ccc(-c6ccc7oc8ccccc8c7c6)cc54)cc4c3oc3ccccc34)c2)cc1. The van der Waals surface area contributed by atoms with Gasteiger partial charge in [0.25, 0.3) is 0 Å². The van der Waals surface area contributed by atoms with Gasteiger partial charge < -0.3 is 13.4 Å². The number of hydrogen-bond donors (Lipinski definition) is 0. The molecular formula is C48H29NO2. The quantitative estimate of drug-likeness (QED) is 0.190. The molecule has 0 aliphatic rings. The van der Waals surface area contributed by atoms with Crippen molar-refractivity contribution in [2.75, 3.05) is 0 Å². The molecule has 3 nitrogen and oxygen atoms in total. The van der Waals surface area contributed by atoms with Crippen LogP contribution in [0.1, 0.15) is 0 Å². The number of rotatable bonds is 4. The summed E-state index contributed by atoms with van der Waals surface area (Å²) in [6.07, 6.45) is 0. The van der Waals surface area contributed by atoms with Crippen LogP contribution in [0.3, 0.4) is 0 Å². The minimum Gasteiger partial charge on any atom is -0.456 e. The smallest absolute Gasteiger partial charge is 0.143 e. The summed E-state index contributed by atoms with van der Waals surface area (Å²) in [5.74, 6) is 0. The number of fused-ring (bicyclic) bond motifs is 9. The van der Waals surface area contributed by atoms with Crippen LogP contribution in [0.5, 0.6) is 0 Å². The van der Waals surface area contributed by atoms with Crippen LogP contribution in [0.4, 0.5) is 0 Å². The van der Waals surface area contributed by atoms with E-state index in [4.69, 9.17) is 8.83 Å². The Kier molecular flexibility index (Phi) is 5.96. The predicted molar refractivity (Wildman–Crippen MR) is 212 cm³/mol. The molecular weight excluding hydrogens is 623 g/mol. The van der Waals surface area contributed by atoms with E-state index in [1.807, 2.05) is 18.2 Å². The van der Waals surface area contributed by atoms with Crippen LogP contribution in [0.2, 0.25) is 0 Å². The van der Waals surface area contributed by atoms with Gasteiger partial charge in [-0.1, -0.05) is 121 Å². The highest BCUT2D eigenvalue weighted by Crippen LogP contribution is 2.42. The lowest BCUT2D eigenvalue weighted by molar-refractivity contribution is 0.669. The lowest BCUT2D eigenvalue weighted by Crippen LogP contribution is -1.95. The summed E-state index contributed by atoms with van der Waals surface area (Å²) in [5.41, 5.74) is 13.9. The van der Waals surface area contributed by atoms with E-state index in [2.05, 4.69) is 162 Å². The van der Waals surface area contributed by atoms with Crippen molar-refractivity contribution in [3.8, 4) is 39.1 Å². The van der Waals surface area contributed by atoms with Crippen LogP contribution in [-0.2, 0) is 0 Å². The Balaban J connectivity index is 1.18. The molecule has 0 amide bonds. The highest BCUT2D eigenvalue weighted by Gasteiger charge is 2.19. The van der Waals surface area contributed by atoms with Crippen LogP contribution in [0, 0.1) is 0 Å². The number of aromatic nitrogens is 1. The summed E-state index contributed by atoms with van der Waals surface area (Å²) < 4.78 is 15.2. The highest BCUT2D eigenvalue weighted by atomic mass is 16.3. The lowest BCUT2D eigenvalue weighted by Gasteiger charge is -2.13. The molecule has 8 aromatic carbocycles. The van der Waals surface area contributed by atoms with Gasteiger partial charge in [0, 0.05) is 43.6 Å². The van der Waals surface area contributed by atoms with Gasteiger partial charge >= 0.3 is 0 Å². The molecule has 0 atom stereocenters. The molecule has 51 heavy (non-hydrogen) atoms. The molecule has 0 unspecified atom stereocenters. The summed E-state index contributed by atoms with van der Waals surface area (Å²) in [6.45, 7) is 0. The van der Waals surface area contributed by atoms with E-state index < -0.39 is 0 Å². The molecule has 11 rings (SSSR count). The number of para-hydroxylation sites is 3. The zero-order valence-corrected chi connectivity index (χ0v) is 27.5. The van der Waals surface area contributed by atoms with Crippen molar-refractivity contribution >= 4 is 65.7 Å². The van der Waals surface area contributed by atoms with Gasteiger partial charge in [0.1, 0.15) is 22.3 Å². The summed E-state index contributed by atoms with van der Waals surface area (Å²) in [6, 6.07) is 62.7. The zero-order chi connectivity index (χ0) is 33.5. The van der Waals surface area contributed by atoms with Crippen molar-refractivity contribution in [2.24, 2.45) is 0 Å². The molecule has 3 heteroatoms. The molecule has 0 aliphatic carbocycles. The average molecular weight is 652 g/mol. The molecule has 11 aromatic rings. The molecule has 0 N–H and O–H groups in total. The molecule has 0 spiro atoms. The number of hydrogen-bond acceptors (Lipinski definition) is 2. The minimum absolute atomic E-state index is 0.886. The monoisotopic (exact) mass is 651 g/mol. The minimum atomic E-state index is 0.886. The maximum Gasteiger partial charge on any atom is 0.143 e. The maximum absolute atomic E-state index is 6.65. The van der Waals surface area contributed by atoms with Crippen molar-refractivity contribution in [3.05, 3.63) is 176 Å². The standard InChI is InChI=1S/C48H29NO2/c1-2-11-30(12-3-1)31-13-10-14-34(25-31)40-28-35(29-42-39-17-6-9-20-46(39)51-48(40)42)49-43-18-7-4-15-36(43)37-23-21-33(27-44(37)49)32-22-24-47-41(26-32)38-16-5-8-19-45(38)50-47/h1-29H. The molecule has 0 bridgehead atoms. The third-order valence-electron chi connectivity index (χ3n) is 10.4. The molecule has 3 heterocycles. The number of nitrogens with zero attached hydrogens (tertiary/aromatic N) is 1. The van der Waals surface area contributed by atoms with Gasteiger partial charge in [-0.3, -0.25) is 0 Å². The Morgan fingerprint density at radius 2 is 0.922 bits per heavy atom. The number of benzene rings is 8. The summed E-state index contributed by atoms with van der Waals surface area (Å²) in [7, 11) is 0. The molecule has 0 fully saturated rings. The highest BCUT2D eigenvalue weighted by molar-refractivity contribution is 6.14. The van der Waals surface area contributed by atoms with Crippen molar-refractivity contribution in [1.82, 2.24) is 4.57 Å². The van der Waals surface area contributed by atoms with Gasteiger partial charge in [-0.05, 0) is 82.4 Å². The average Bonchev–Trinajstić information content (AvgIpc) is 3.87. The third-order valence-corrected chi connectivity index (χ3v) is 10.4. The first-order chi connectivity index (χ1) is 25.3. The molecule has 0 radical (unpaired) electrons. The fraction of sp³-hybridized carbons (Fsp3) is 0. The van der Waals surface area contributed by atoms with Crippen LogP contribution < -0.4 is 0 Å². The van der Waals surface area contributed by atoms with Gasteiger partial charge in [0.15, 0.2) is 0 Å². The summed E-state index contributed by atoms with van der Waals surface area (Å²) >= 11 is 0. The topological polar surface area (TPSA) is 31.2 Å². The van der Waals surface area contributed by atoms with Crippen molar-refractivity contribution in [3.63, 3.8) is 0 Å². The van der Waals surface area contributed by atoms with Gasteiger partial charge in [-0.2, -0.15) is 0 Å². The first-order valence-electron chi connectivity index (χ1n) is 17.3. The van der Waals surface area contributed by atoms with Gasteiger partial charge in [-0.25, -0.2) is 0 Å². The van der Waals surface area contributed by atoms with E-state index in [1.54, 1.807) is 0 Å². The van der Waals surface area contributed by atoms with Gasteiger partial charge in [0.05, 0.1) is 11.0 Å². The second-order valence-corrected chi connectivity index (χ2v) is 13.3. The predicted octanol–water partition coefficient (Wildman–Crippen LogP) is 13.6. The molecule has 0 saturated heterocycles. The maximum atomic E-state index is 6.65. The van der Waals surface area contributed by atoms with E-state index in [0.717, 1.165) is 82.9 Å². The van der Waals surface area contributed by atoms with E-state index in [-0.39, 0.29) is 0 Å². The van der Waals surface area contributed by atoms with Crippen molar-refractivity contribution < 1.29 is 8.83 Å². The second kappa shape index (κ2) is 10.8. The van der Waals surface area contributed by atoms with Crippen LogP contribution in [-0.4, -0.2) is 4.57 Å². The van der Waals surface area contributed by atoms with E-state index in [1.165, 1.54) is 21.9 Å². The second-order valence-electron chi connectivity index (χ2n) is 13.3. The molecule has 0 aliphatic heterocycles. The largest absolute Gasteiger partial charge is 0.456 e. The molecule has 3 aromatic heterocycles. The first kappa shape index (κ1) is 28.0. The third kappa shape index (κ3) is 4.32. The summed E-state index contributed by atoms with van der Waals surface area (Å²) in [4.78, 5) is 0. The van der Waals surface area contributed by atoms with Crippen molar-refractivity contribution in [1.29, 1.82) is 0 Å². The number of furan rings is 2. The van der Waals surface area contributed by atoms with E-state index in [0.29, 0.717) is 0 Å². The van der Waals surface area contributed by atoms with Crippen LogP contribution in [0.15, 0.2) is 185 Å². The van der Waals surface area contributed by atoms with Gasteiger partial charge in [0.2, 0.25) is 0 Å². The van der Waals surface area contributed by atoms with Crippen LogP contribution in [0.25, 0.3) is 105 Å². The van der Waals surface area contributed by atoms with E-state index >= 15 is 0 Å². The Morgan fingerprint density at radius 1 is 0.314 bits per heavy atom. The first-order valence-corrected chi connectivity index (χ1v) is 17.3. The van der Waals surface area contributed by atoms with Crippen molar-refractivity contribution in [2.45, 2.75) is 0 Å². The fourth-order valence-electron chi connectivity index (χ4n) is 7.99. The fourth-order valence-corrected chi connectivity index (χ4v) is 7.99. The Labute approximate surface area is 293 Å². The zero-order valence-electron chi connectivity index (χ0n) is 27.5. The van der Waals surface area contributed by atoms with E-state index in [9.17, 15) is 0 Å². The Morgan fingerprint density at radius 3 is 1.78 bits per heavy atom. The Bertz CT molecular complexity index is 3140.